The Morgan fingerprint density at radius 3 is 2.87 bits per heavy atom. The topological polar surface area (TPSA) is 92.9 Å². The van der Waals surface area contributed by atoms with Gasteiger partial charge in [-0.25, -0.2) is 0 Å². The third-order valence-electron chi connectivity index (χ3n) is 2.40. The zero-order valence-electron chi connectivity index (χ0n) is 8.52. The van der Waals surface area contributed by atoms with Gasteiger partial charge in [0.25, 0.3) is 0 Å². The summed E-state index contributed by atoms with van der Waals surface area (Å²) in [6.45, 7) is 2.08. The second-order valence-electron chi connectivity index (χ2n) is 3.53. The van der Waals surface area contributed by atoms with Crippen LogP contribution in [0.3, 0.4) is 0 Å². The number of nitrogens with zero attached hydrogens (tertiary/aromatic N) is 1. The Bertz CT molecular complexity index is 244. The molecule has 1 heterocycles. The zero-order chi connectivity index (χ0) is 11.3. The van der Waals surface area contributed by atoms with Gasteiger partial charge >= 0.3 is 5.97 Å². The number of morpholine rings is 1. The Balaban J connectivity index is 2.36. The maximum absolute atomic E-state index is 11.0. The molecular weight excluding hydrogens is 200 g/mol. The van der Waals surface area contributed by atoms with Crippen LogP contribution in [-0.4, -0.2) is 54.2 Å². The van der Waals surface area contributed by atoms with Gasteiger partial charge in [-0.2, -0.15) is 0 Å². The van der Waals surface area contributed by atoms with Crippen molar-refractivity contribution in [2.24, 2.45) is 5.73 Å². The fraction of sp³-hybridized carbons (Fsp3) is 0.778. The van der Waals surface area contributed by atoms with Gasteiger partial charge in [0.05, 0.1) is 13.2 Å². The van der Waals surface area contributed by atoms with Crippen LogP contribution in [-0.2, 0) is 14.3 Å². The first-order valence-electron chi connectivity index (χ1n) is 4.94. The maximum Gasteiger partial charge on any atom is 0.303 e. The van der Waals surface area contributed by atoms with Crippen molar-refractivity contribution in [1.29, 1.82) is 0 Å². The van der Waals surface area contributed by atoms with Crippen LogP contribution in [0, 0.1) is 0 Å². The van der Waals surface area contributed by atoms with E-state index in [1.807, 2.05) is 4.90 Å². The van der Waals surface area contributed by atoms with Crippen molar-refractivity contribution in [3.8, 4) is 0 Å². The van der Waals surface area contributed by atoms with Gasteiger partial charge < -0.3 is 15.6 Å². The number of rotatable bonds is 5. The summed E-state index contributed by atoms with van der Waals surface area (Å²) < 4.78 is 5.14. The lowest BCUT2D eigenvalue weighted by atomic mass is 10.2. The van der Waals surface area contributed by atoms with Crippen molar-refractivity contribution >= 4 is 11.9 Å². The van der Waals surface area contributed by atoms with Gasteiger partial charge in [0.2, 0.25) is 5.91 Å². The van der Waals surface area contributed by atoms with Crippen molar-refractivity contribution in [2.45, 2.75) is 18.9 Å². The van der Waals surface area contributed by atoms with E-state index in [1.54, 1.807) is 0 Å². The first-order valence-corrected chi connectivity index (χ1v) is 4.94. The Labute approximate surface area is 88.0 Å². The summed E-state index contributed by atoms with van der Waals surface area (Å²) in [5, 5.41) is 8.48. The van der Waals surface area contributed by atoms with Crippen molar-refractivity contribution in [2.75, 3.05) is 26.3 Å². The fourth-order valence-corrected chi connectivity index (χ4v) is 1.60. The van der Waals surface area contributed by atoms with Crippen LogP contribution in [0.4, 0.5) is 0 Å². The van der Waals surface area contributed by atoms with Crippen LogP contribution in [0.15, 0.2) is 0 Å². The highest BCUT2D eigenvalue weighted by Gasteiger charge is 2.26. The molecule has 1 aliphatic rings. The number of nitrogens with two attached hydrogens (primary N) is 1. The number of hydrogen-bond acceptors (Lipinski definition) is 4. The van der Waals surface area contributed by atoms with Crippen LogP contribution in [0.1, 0.15) is 12.8 Å². The highest BCUT2D eigenvalue weighted by molar-refractivity contribution is 5.80. The Kier molecular flexibility index (Phi) is 4.51. The maximum atomic E-state index is 11.0. The number of amides is 1. The third-order valence-corrected chi connectivity index (χ3v) is 2.40. The van der Waals surface area contributed by atoms with Gasteiger partial charge in [-0.05, 0) is 13.0 Å². The van der Waals surface area contributed by atoms with E-state index in [9.17, 15) is 9.59 Å². The molecule has 1 fully saturated rings. The van der Waals surface area contributed by atoms with Gasteiger partial charge in [-0.15, -0.1) is 0 Å². The summed E-state index contributed by atoms with van der Waals surface area (Å²) in [5.74, 6) is -1.23. The van der Waals surface area contributed by atoms with Crippen LogP contribution in [0.2, 0.25) is 0 Å². The monoisotopic (exact) mass is 216 g/mol. The lowest BCUT2D eigenvalue weighted by Gasteiger charge is -2.33. The van der Waals surface area contributed by atoms with E-state index in [0.29, 0.717) is 32.7 Å². The molecule has 1 rings (SSSR count). The highest BCUT2D eigenvalue weighted by atomic mass is 16.5. The first kappa shape index (κ1) is 11.9. The quantitative estimate of drug-likeness (QED) is 0.617. The summed E-state index contributed by atoms with van der Waals surface area (Å²) in [6.07, 6.45) is 0.641. The molecule has 1 saturated heterocycles. The summed E-state index contributed by atoms with van der Waals surface area (Å²) in [7, 11) is 0. The predicted molar refractivity (Wildman–Crippen MR) is 52.2 cm³/mol. The highest BCUT2D eigenvalue weighted by Crippen LogP contribution is 2.07. The van der Waals surface area contributed by atoms with Crippen molar-refractivity contribution in [3.05, 3.63) is 0 Å². The minimum atomic E-state index is -0.820. The molecule has 1 unspecified atom stereocenters. The van der Waals surface area contributed by atoms with E-state index in [4.69, 9.17) is 15.6 Å². The first-order chi connectivity index (χ1) is 7.11. The molecule has 86 valence electrons. The molecule has 0 aliphatic carbocycles. The molecule has 0 spiro atoms. The van der Waals surface area contributed by atoms with Crippen molar-refractivity contribution < 1.29 is 19.4 Å². The molecule has 1 aliphatic heterocycles. The minimum absolute atomic E-state index is 0.114. The number of carbonyl (C=O) groups excluding carboxylic acids is 1. The van der Waals surface area contributed by atoms with Gasteiger partial charge in [0.1, 0.15) is 6.04 Å². The van der Waals surface area contributed by atoms with Gasteiger partial charge in [-0.3, -0.25) is 14.5 Å². The number of hydrogen-bond donors (Lipinski definition) is 2. The number of ether oxygens (including phenoxy) is 1. The molecule has 0 aromatic carbocycles. The molecule has 6 nitrogen and oxygen atoms in total. The summed E-state index contributed by atoms with van der Waals surface area (Å²) in [4.78, 5) is 23.3. The van der Waals surface area contributed by atoms with Crippen LogP contribution < -0.4 is 5.73 Å². The number of primary amides is 1. The van der Waals surface area contributed by atoms with Crippen LogP contribution in [0.5, 0.6) is 0 Å². The average Bonchev–Trinajstić information content (AvgIpc) is 2.17. The zero-order valence-corrected chi connectivity index (χ0v) is 8.52. The molecule has 0 saturated carbocycles. The number of aliphatic carboxylic acids is 1. The van der Waals surface area contributed by atoms with E-state index in [0.717, 1.165) is 0 Å². The second-order valence-corrected chi connectivity index (χ2v) is 3.53. The lowest BCUT2D eigenvalue weighted by molar-refractivity contribution is -0.137. The Morgan fingerprint density at radius 1 is 1.53 bits per heavy atom. The van der Waals surface area contributed by atoms with Gasteiger partial charge in [0, 0.05) is 13.0 Å². The summed E-state index contributed by atoms with van der Waals surface area (Å²) >= 11 is 0. The van der Waals surface area contributed by atoms with Crippen LogP contribution >= 0.6 is 0 Å². The number of carboxylic acids is 1. The van der Waals surface area contributed by atoms with E-state index >= 15 is 0 Å². The SMILES string of the molecule is NC(=O)C1COCCN1CCCC(=O)O. The molecule has 0 radical (unpaired) electrons. The van der Waals surface area contributed by atoms with E-state index < -0.39 is 17.9 Å². The standard InChI is InChI=1S/C9H16N2O4/c10-9(14)7-6-15-5-4-11(7)3-1-2-8(12)13/h7H,1-6H2,(H2,10,14)(H,12,13). The van der Waals surface area contributed by atoms with Crippen LogP contribution in [0.25, 0.3) is 0 Å². The molecule has 15 heavy (non-hydrogen) atoms. The van der Waals surface area contributed by atoms with E-state index in [-0.39, 0.29) is 6.42 Å². The number of carboxylic acid groups (broad SMARTS) is 1. The lowest BCUT2D eigenvalue weighted by Crippen LogP contribution is -2.52. The molecule has 3 N–H and O–H groups in total. The van der Waals surface area contributed by atoms with Gasteiger partial charge in [-0.1, -0.05) is 0 Å². The molecule has 0 aromatic rings. The minimum Gasteiger partial charge on any atom is -0.481 e. The van der Waals surface area contributed by atoms with Crippen molar-refractivity contribution in [1.82, 2.24) is 4.90 Å². The van der Waals surface area contributed by atoms with Gasteiger partial charge in [0.15, 0.2) is 0 Å². The Hall–Kier alpha value is -1.14. The largest absolute Gasteiger partial charge is 0.481 e. The average molecular weight is 216 g/mol. The molecule has 6 heteroatoms. The van der Waals surface area contributed by atoms with E-state index in [2.05, 4.69) is 0 Å². The fourth-order valence-electron chi connectivity index (χ4n) is 1.60. The smallest absolute Gasteiger partial charge is 0.303 e. The predicted octanol–water partition coefficient (Wildman–Crippen LogP) is -0.963. The summed E-state index contributed by atoms with van der Waals surface area (Å²) in [5.41, 5.74) is 5.21. The normalized spacial score (nSPS) is 22.5. The molecule has 1 amide bonds. The molecule has 0 aromatic heterocycles. The van der Waals surface area contributed by atoms with E-state index in [1.165, 1.54) is 0 Å². The molecule has 0 bridgehead atoms. The molecule has 1 atom stereocenters. The number of carbonyl (C=O) groups is 2. The molecular formula is C9H16N2O4. The Morgan fingerprint density at radius 2 is 2.27 bits per heavy atom. The second kappa shape index (κ2) is 5.67. The third kappa shape index (κ3) is 3.85. The summed E-state index contributed by atoms with van der Waals surface area (Å²) in [6, 6.07) is -0.410. The van der Waals surface area contributed by atoms with Crippen molar-refractivity contribution in [3.63, 3.8) is 0 Å².